The van der Waals surface area contributed by atoms with Gasteiger partial charge in [-0.25, -0.2) is 13.8 Å². The average Bonchev–Trinajstić information content (AvgIpc) is 3.49. The number of rotatable bonds is 6. The minimum atomic E-state index is -0.535. The average molecular weight is 487 g/mol. The number of hydrogen-bond donors (Lipinski definition) is 4. The molecular weight excluding hydrogens is 462 g/mol. The number of fused-ring (bicyclic) bond motifs is 1. The SMILES string of the molecule is C=C(NC(=N[C@H]1CCC[C@@H](NC(=O)c2ncc[nH]2)C1)/C(F)=C\C)c1c[nH]c2c(F)cc(Cl)cc12. The number of allylic oxidation sites excluding steroid dienone is 1. The lowest BCUT2D eigenvalue weighted by atomic mass is 9.91. The molecule has 3 aromatic rings. The van der Waals surface area contributed by atoms with Crippen LogP contribution in [0.25, 0.3) is 16.6 Å². The van der Waals surface area contributed by atoms with Gasteiger partial charge in [-0.05, 0) is 50.8 Å². The zero-order valence-electron chi connectivity index (χ0n) is 18.6. The number of nitrogens with one attached hydrogen (secondary N) is 4. The minimum Gasteiger partial charge on any atom is -0.358 e. The number of carbonyl (C=O) groups excluding carboxylic acids is 1. The maximum Gasteiger partial charge on any atom is 0.287 e. The van der Waals surface area contributed by atoms with Gasteiger partial charge in [0.05, 0.1) is 11.6 Å². The molecule has 7 nitrogen and oxygen atoms in total. The highest BCUT2D eigenvalue weighted by atomic mass is 35.5. The van der Waals surface area contributed by atoms with Crippen LogP contribution in [0.1, 0.15) is 48.8 Å². The van der Waals surface area contributed by atoms with E-state index in [2.05, 4.69) is 37.2 Å². The standard InChI is InChI=1S/C24H25ClF2N6O/c1-3-19(26)22(31-13(2)18-12-30-21-17(18)9-14(25)10-20(21)27)32-15-5-4-6-16(11-15)33-24(34)23-28-7-8-29-23/h3,7-10,12,15-16,30H,2,4-6,11H2,1H3,(H,28,29)(H,31,32)(H,33,34)/b19-3+/t15-,16+/m0/s1. The number of carbonyl (C=O) groups is 1. The molecule has 0 unspecified atom stereocenters. The molecule has 1 aliphatic rings. The predicted octanol–water partition coefficient (Wildman–Crippen LogP) is 5.26. The van der Waals surface area contributed by atoms with Crippen LogP contribution in [0.3, 0.4) is 0 Å². The van der Waals surface area contributed by atoms with Crippen LogP contribution in [0.4, 0.5) is 8.78 Å². The van der Waals surface area contributed by atoms with Crippen molar-refractivity contribution >= 4 is 39.9 Å². The number of benzene rings is 1. The van der Waals surface area contributed by atoms with Gasteiger partial charge in [0.1, 0.15) is 5.82 Å². The first-order valence-corrected chi connectivity index (χ1v) is 11.4. The first-order chi connectivity index (χ1) is 16.4. The van der Waals surface area contributed by atoms with Gasteiger partial charge in [0, 0.05) is 46.3 Å². The molecule has 0 bridgehead atoms. The Balaban J connectivity index is 1.51. The maximum absolute atomic E-state index is 14.7. The second kappa shape index (κ2) is 10.2. The lowest BCUT2D eigenvalue weighted by Crippen LogP contribution is -2.40. The highest BCUT2D eigenvalue weighted by Gasteiger charge is 2.25. The quantitative estimate of drug-likeness (QED) is 0.282. The summed E-state index contributed by atoms with van der Waals surface area (Å²) in [5, 5.41) is 6.69. The van der Waals surface area contributed by atoms with Crippen LogP contribution in [-0.4, -0.2) is 38.8 Å². The van der Waals surface area contributed by atoms with E-state index in [9.17, 15) is 13.6 Å². The summed E-state index contributed by atoms with van der Waals surface area (Å²) >= 11 is 6.01. The third-order valence-electron chi connectivity index (χ3n) is 5.79. The Morgan fingerprint density at radius 3 is 2.91 bits per heavy atom. The van der Waals surface area contributed by atoms with Gasteiger partial charge in [-0.2, -0.15) is 0 Å². The van der Waals surface area contributed by atoms with Gasteiger partial charge in [0.15, 0.2) is 17.5 Å². The van der Waals surface area contributed by atoms with Crippen molar-refractivity contribution in [1.29, 1.82) is 0 Å². The largest absolute Gasteiger partial charge is 0.358 e. The van der Waals surface area contributed by atoms with Crippen molar-refractivity contribution < 1.29 is 13.6 Å². The van der Waals surface area contributed by atoms with E-state index in [0.717, 1.165) is 19.3 Å². The molecule has 178 valence electrons. The molecule has 10 heteroatoms. The minimum absolute atomic E-state index is 0.0346. The molecule has 2 aromatic heterocycles. The highest BCUT2D eigenvalue weighted by Crippen LogP contribution is 2.29. The number of halogens is 3. The van der Waals surface area contributed by atoms with Crippen LogP contribution in [0.2, 0.25) is 5.02 Å². The van der Waals surface area contributed by atoms with Crippen LogP contribution >= 0.6 is 11.6 Å². The van der Waals surface area contributed by atoms with Crippen LogP contribution < -0.4 is 10.6 Å². The maximum atomic E-state index is 14.7. The van der Waals surface area contributed by atoms with Crippen molar-refractivity contribution in [2.45, 2.75) is 44.7 Å². The Hall–Kier alpha value is -3.46. The number of amides is 1. The smallest absolute Gasteiger partial charge is 0.287 e. The first kappa shape index (κ1) is 23.7. The van der Waals surface area contributed by atoms with Gasteiger partial charge < -0.3 is 20.6 Å². The number of H-pyrrole nitrogens is 2. The summed E-state index contributed by atoms with van der Waals surface area (Å²) in [5.74, 6) is -1.02. The summed E-state index contributed by atoms with van der Waals surface area (Å²) in [4.78, 5) is 26.5. The molecule has 1 saturated carbocycles. The summed E-state index contributed by atoms with van der Waals surface area (Å²) in [5.41, 5.74) is 1.19. The Morgan fingerprint density at radius 2 is 2.18 bits per heavy atom. The van der Waals surface area contributed by atoms with Crippen molar-refractivity contribution in [2.24, 2.45) is 4.99 Å². The molecular formula is C24H25ClF2N6O. The van der Waals surface area contributed by atoms with Gasteiger partial charge in [0.25, 0.3) is 5.91 Å². The molecule has 34 heavy (non-hydrogen) atoms. The summed E-state index contributed by atoms with van der Waals surface area (Å²) in [7, 11) is 0. The summed E-state index contributed by atoms with van der Waals surface area (Å²) < 4.78 is 28.9. The molecule has 0 saturated heterocycles. The number of amidine groups is 1. The van der Waals surface area contributed by atoms with Gasteiger partial charge in [-0.1, -0.05) is 18.2 Å². The molecule has 0 spiro atoms. The number of aliphatic imine (C=N–C) groups is 1. The lowest BCUT2D eigenvalue weighted by molar-refractivity contribution is 0.0916. The van der Waals surface area contributed by atoms with Gasteiger partial charge in [-0.15, -0.1) is 0 Å². The van der Waals surface area contributed by atoms with Crippen LogP contribution in [0.5, 0.6) is 0 Å². The van der Waals surface area contributed by atoms with E-state index in [0.29, 0.717) is 23.1 Å². The normalized spacial score (nSPS) is 19.3. The van der Waals surface area contributed by atoms with Gasteiger partial charge in [0.2, 0.25) is 0 Å². The first-order valence-electron chi connectivity index (χ1n) is 11.0. The van der Waals surface area contributed by atoms with E-state index in [1.54, 1.807) is 25.4 Å². The topological polar surface area (TPSA) is 98.0 Å². The molecule has 4 N–H and O–H groups in total. The summed E-state index contributed by atoms with van der Waals surface area (Å²) in [6.45, 7) is 5.57. The molecule has 1 amide bonds. The van der Waals surface area contributed by atoms with E-state index < -0.39 is 11.6 Å². The van der Waals surface area contributed by atoms with Crippen molar-refractivity contribution in [1.82, 2.24) is 25.6 Å². The van der Waals surface area contributed by atoms with Crippen molar-refractivity contribution in [3.8, 4) is 0 Å². The summed E-state index contributed by atoms with van der Waals surface area (Å²) in [6.07, 6.45) is 8.97. The lowest BCUT2D eigenvalue weighted by Gasteiger charge is -2.28. The molecule has 1 aliphatic carbocycles. The van der Waals surface area contributed by atoms with E-state index in [-0.39, 0.29) is 40.2 Å². The van der Waals surface area contributed by atoms with E-state index >= 15 is 0 Å². The number of aromatic amines is 2. The third kappa shape index (κ3) is 5.20. The molecule has 0 aliphatic heterocycles. The van der Waals surface area contributed by atoms with Crippen LogP contribution in [0.15, 0.2) is 54.2 Å². The molecule has 4 rings (SSSR count). The Morgan fingerprint density at radius 1 is 1.35 bits per heavy atom. The van der Waals surface area contributed by atoms with E-state index in [1.165, 1.54) is 18.3 Å². The Kier molecular flexibility index (Phi) is 7.12. The fraction of sp³-hybridized carbons (Fsp3) is 0.292. The fourth-order valence-corrected chi connectivity index (χ4v) is 4.35. The van der Waals surface area contributed by atoms with E-state index in [4.69, 9.17) is 11.6 Å². The Labute approximate surface area is 200 Å². The zero-order chi connectivity index (χ0) is 24.2. The van der Waals surface area contributed by atoms with Crippen LogP contribution in [-0.2, 0) is 0 Å². The van der Waals surface area contributed by atoms with Crippen molar-refractivity contribution in [3.63, 3.8) is 0 Å². The van der Waals surface area contributed by atoms with Gasteiger partial charge >= 0.3 is 0 Å². The number of aromatic nitrogens is 3. The number of nitrogens with zero attached hydrogens (tertiary/aromatic N) is 2. The zero-order valence-corrected chi connectivity index (χ0v) is 19.3. The molecule has 2 atom stereocenters. The molecule has 0 radical (unpaired) electrons. The predicted molar refractivity (Wildman–Crippen MR) is 130 cm³/mol. The van der Waals surface area contributed by atoms with Crippen molar-refractivity contribution in [2.75, 3.05) is 0 Å². The number of hydrogen-bond acceptors (Lipinski definition) is 3. The monoisotopic (exact) mass is 486 g/mol. The van der Waals surface area contributed by atoms with Crippen LogP contribution in [0, 0.1) is 5.82 Å². The highest BCUT2D eigenvalue weighted by molar-refractivity contribution is 6.31. The van der Waals surface area contributed by atoms with Gasteiger partial charge in [-0.3, -0.25) is 9.79 Å². The van der Waals surface area contributed by atoms with E-state index in [1.807, 2.05) is 0 Å². The third-order valence-corrected chi connectivity index (χ3v) is 6.01. The summed E-state index contributed by atoms with van der Waals surface area (Å²) in [6, 6.07) is 2.54. The second-order valence-electron chi connectivity index (χ2n) is 8.16. The molecule has 1 aromatic carbocycles. The molecule has 2 heterocycles. The number of imidazole rings is 1. The Bertz CT molecular complexity index is 1260. The van der Waals surface area contributed by atoms with Crippen molar-refractivity contribution in [3.05, 3.63) is 71.4 Å². The second-order valence-corrected chi connectivity index (χ2v) is 8.60. The molecule has 1 fully saturated rings. The fourth-order valence-electron chi connectivity index (χ4n) is 4.14.